The first-order valence-electron chi connectivity index (χ1n) is 5.23. The molecule has 1 N–H and O–H groups in total. The molecular formula is C12H18N2O2. The Kier molecular flexibility index (Phi) is 6.69. The maximum Gasteiger partial charge on any atom is 0.350 e. The number of nitrogens with one attached hydrogen (secondary N) is 1. The van der Waals surface area contributed by atoms with Crippen molar-refractivity contribution < 1.29 is 9.53 Å². The third kappa shape index (κ3) is 5.86. The van der Waals surface area contributed by atoms with Crippen LogP contribution >= 0.6 is 0 Å². The summed E-state index contributed by atoms with van der Waals surface area (Å²) in [6, 6.07) is 1.79. The van der Waals surface area contributed by atoms with E-state index in [-0.39, 0.29) is 12.2 Å². The molecule has 0 saturated carbocycles. The zero-order valence-electron chi connectivity index (χ0n) is 10.2. The Morgan fingerprint density at radius 1 is 1.56 bits per heavy atom. The number of allylic oxidation sites excluding steroid dienone is 2. The van der Waals surface area contributed by atoms with Gasteiger partial charge in [-0.25, -0.2) is 4.79 Å². The maximum atomic E-state index is 11.2. The zero-order valence-corrected chi connectivity index (χ0v) is 10.2. The van der Waals surface area contributed by atoms with Crippen molar-refractivity contribution in [2.45, 2.75) is 27.7 Å². The van der Waals surface area contributed by atoms with Crippen molar-refractivity contribution in [1.82, 2.24) is 5.32 Å². The number of carbonyl (C=O) groups excluding carboxylic acids is 1. The van der Waals surface area contributed by atoms with Crippen LogP contribution in [-0.4, -0.2) is 12.6 Å². The van der Waals surface area contributed by atoms with E-state index in [0.717, 1.165) is 5.70 Å². The van der Waals surface area contributed by atoms with E-state index in [9.17, 15) is 4.79 Å². The summed E-state index contributed by atoms with van der Waals surface area (Å²) < 4.78 is 4.72. The summed E-state index contributed by atoms with van der Waals surface area (Å²) >= 11 is 0. The molecule has 0 aromatic rings. The van der Waals surface area contributed by atoms with Gasteiger partial charge in [0.05, 0.1) is 6.61 Å². The summed E-state index contributed by atoms with van der Waals surface area (Å²) in [4.78, 5) is 11.2. The van der Waals surface area contributed by atoms with Crippen molar-refractivity contribution in [2.24, 2.45) is 5.92 Å². The van der Waals surface area contributed by atoms with Gasteiger partial charge in [0.2, 0.25) is 0 Å². The second-order valence-electron chi connectivity index (χ2n) is 3.63. The smallest absolute Gasteiger partial charge is 0.350 e. The van der Waals surface area contributed by atoms with Gasteiger partial charge in [0.1, 0.15) is 6.07 Å². The first-order valence-corrected chi connectivity index (χ1v) is 5.23. The monoisotopic (exact) mass is 222 g/mol. The molecule has 0 aliphatic carbocycles. The van der Waals surface area contributed by atoms with E-state index in [1.54, 1.807) is 13.0 Å². The summed E-state index contributed by atoms with van der Waals surface area (Å²) in [5, 5.41) is 11.6. The van der Waals surface area contributed by atoms with Gasteiger partial charge in [-0.05, 0) is 19.8 Å². The van der Waals surface area contributed by atoms with Crippen molar-refractivity contribution in [1.29, 1.82) is 5.26 Å². The highest BCUT2D eigenvalue weighted by atomic mass is 16.5. The molecule has 0 fully saturated rings. The molecule has 0 amide bonds. The first kappa shape index (κ1) is 14.2. The highest BCUT2D eigenvalue weighted by molar-refractivity contribution is 5.92. The molecule has 0 aromatic carbocycles. The average Bonchev–Trinajstić information content (AvgIpc) is 2.17. The number of ether oxygens (including phenoxy) is 1. The molecular weight excluding hydrogens is 204 g/mol. The predicted octanol–water partition coefficient (Wildman–Crippen LogP) is 2.11. The lowest BCUT2D eigenvalue weighted by molar-refractivity contribution is -0.138. The molecule has 0 atom stereocenters. The van der Waals surface area contributed by atoms with Crippen molar-refractivity contribution in [3.8, 4) is 6.07 Å². The number of hydrogen-bond acceptors (Lipinski definition) is 4. The molecule has 0 bridgehead atoms. The van der Waals surface area contributed by atoms with Gasteiger partial charge in [0.15, 0.2) is 5.57 Å². The van der Waals surface area contributed by atoms with Gasteiger partial charge in [-0.3, -0.25) is 0 Å². The zero-order chi connectivity index (χ0) is 12.6. The van der Waals surface area contributed by atoms with Crippen molar-refractivity contribution in [3.05, 3.63) is 23.5 Å². The van der Waals surface area contributed by atoms with Crippen LogP contribution in [0.2, 0.25) is 0 Å². The van der Waals surface area contributed by atoms with E-state index < -0.39 is 5.97 Å². The van der Waals surface area contributed by atoms with Crippen LogP contribution in [0.25, 0.3) is 0 Å². The van der Waals surface area contributed by atoms with E-state index >= 15 is 0 Å². The highest BCUT2D eigenvalue weighted by Crippen LogP contribution is 2.00. The van der Waals surface area contributed by atoms with E-state index in [4.69, 9.17) is 10.00 Å². The maximum absolute atomic E-state index is 11.2. The predicted molar refractivity (Wildman–Crippen MR) is 62.1 cm³/mol. The van der Waals surface area contributed by atoms with Crippen LogP contribution < -0.4 is 5.32 Å². The third-order valence-electron chi connectivity index (χ3n) is 1.64. The Balaban J connectivity index is 4.51. The van der Waals surface area contributed by atoms with Crippen molar-refractivity contribution >= 4 is 5.97 Å². The molecule has 16 heavy (non-hydrogen) atoms. The van der Waals surface area contributed by atoms with Gasteiger partial charge in [0, 0.05) is 11.9 Å². The lowest BCUT2D eigenvalue weighted by atomic mass is 10.2. The molecule has 0 aliphatic heterocycles. The highest BCUT2D eigenvalue weighted by Gasteiger charge is 2.08. The first-order chi connectivity index (χ1) is 7.51. The molecule has 88 valence electrons. The molecule has 4 nitrogen and oxygen atoms in total. The fourth-order valence-electron chi connectivity index (χ4n) is 1.08. The van der Waals surface area contributed by atoms with Crippen LogP contribution in [0, 0.1) is 17.2 Å². The second-order valence-corrected chi connectivity index (χ2v) is 3.63. The van der Waals surface area contributed by atoms with Crippen LogP contribution in [0.3, 0.4) is 0 Å². The fourth-order valence-corrected chi connectivity index (χ4v) is 1.08. The summed E-state index contributed by atoms with van der Waals surface area (Å²) in [5.74, 6) is -0.191. The minimum absolute atomic E-state index is 0.0293. The van der Waals surface area contributed by atoms with Crippen LogP contribution in [0.4, 0.5) is 0 Å². The number of esters is 1. The summed E-state index contributed by atoms with van der Waals surface area (Å²) in [6.45, 7) is 7.93. The number of hydrogen-bond donors (Lipinski definition) is 1. The summed E-state index contributed by atoms with van der Waals surface area (Å²) in [5.41, 5.74) is 0.866. The number of rotatable bonds is 5. The molecule has 0 heterocycles. The molecule has 0 unspecified atom stereocenters. The Bertz CT molecular complexity index is 335. The van der Waals surface area contributed by atoms with Gasteiger partial charge in [0.25, 0.3) is 0 Å². The lowest BCUT2D eigenvalue weighted by Crippen LogP contribution is -2.11. The Morgan fingerprint density at radius 3 is 2.62 bits per heavy atom. The van der Waals surface area contributed by atoms with Crippen LogP contribution in [0.1, 0.15) is 27.7 Å². The third-order valence-corrected chi connectivity index (χ3v) is 1.64. The van der Waals surface area contributed by atoms with Gasteiger partial charge >= 0.3 is 5.97 Å². The van der Waals surface area contributed by atoms with Gasteiger partial charge in [-0.2, -0.15) is 5.26 Å². The Labute approximate surface area is 96.6 Å². The topological polar surface area (TPSA) is 62.1 Å². The summed E-state index contributed by atoms with van der Waals surface area (Å²) in [7, 11) is 0. The molecule has 0 rings (SSSR count). The SMILES string of the molecule is CCOC(=O)/C(C#N)=C/N/C(C)=C/C(C)C. The van der Waals surface area contributed by atoms with Gasteiger partial charge in [-0.15, -0.1) is 0 Å². The normalized spacial score (nSPS) is 12.2. The van der Waals surface area contributed by atoms with Crippen LogP contribution in [0.15, 0.2) is 23.5 Å². The molecule has 0 radical (unpaired) electrons. The molecule has 0 aromatic heterocycles. The Hall–Kier alpha value is -1.76. The van der Waals surface area contributed by atoms with Crippen LogP contribution in [-0.2, 0) is 9.53 Å². The van der Waals surface area contributed by atoms with E-state index in [1.807, 2.05) is 26.8 Å². The van der Waals surface area contributed by atoms with Gasteiger partial charge < -0.3 is 10.1 Å². The standard InChI is InChI=1S/C12H18N2O2/c1-5-16-12(15)11(7-13)8-14-10(4)6-9(2)3/h6,8-9,14H,5H2,1-4H3/b10-6+,11-8+. The minimum atomic E-state index is -0.602. The van der Waals surface area contributed by atoms with Crippen molar-refractivity contribution in [3.63, 3.8) is 0 Å². The molecule has 0 spiro atoms. The molecule has 4 heteroatoms. The van der Waals surface area contributed by atoms with E-state index in [2.05, 4.69) is 5.32 Å². The number of nitriles is 1. The largest absolute Gasteiger partial charge is 0.462 e. The number of carbonyl (C=O) groups is 1. The van der Waals surface area contributed by atoms with Crippen LogP contribution in [0.5, 0.6) is 0 Å². The van der Waals surface area contributed by atoms with Crippen molar-refractivity contribution in [2.75, 3.05) is 6.61 Å². The fraction of sp³-hybridized carbons (Fsp3) is 0.500. The van der Waals surface area contributed by atoms with E-state index in [0.29, 0.717) is 5.92 Å². The number of nitrogens with zero attached hydrogens (tertiary/aromatic N) is 1. The average molecular weight is 222 g/mol. The van der Waals surface area contributed by atoms with Gasteiger partial charge in [-0.1, -0.05) is 19.9 Å². The Morgan fingerprint density at radius 2 is 2.19 bits per heavy atom. The molecule has 0 aliphatic rings. The lowest BCUT2D eigenvalue weighted by Gasteiger charge is -2.04. The summed E-state index contributed by atoms with van der Waals surface area (Å²) in [6.07, 6.45) is 3.36. The quantitative estimate of drug-likeness (QED) is 0.439. The minimum Gasteiger partial charge on any atom is -0.462 e. The van der Waals surface area contributed by atoms with E-state index in [1.165, 1.54) is 6.20 Å². The second kappa shape index (κ2) is 7.52. The molecule has 0 saturated heterocycles.